The lowest BCUT2D eigenvalue weighted by Crippen LogP contribution is -2.49. The Kier molecular flexibility index (Phi) is 5.32. The van der Waals surface area contributed by atoms with E-state index in [0.29, 0.717) is 42.6 Å². The number of aryl methyl sites for hydroxylation is 2. The highest BCUT2D eigenvalue weighted by Gasteiger charge is 2.25. The molecular formula is C26H25FN4O2. The SMILES string of the molecule is COc1cccc2c(C)cc(N3CCN(C(=O)c4cc(C)nc5ccc(F)cc45)CC3)nc12. The number of rotatable bonds is 3. The van der Waals surface area contributed by atoms with Crippen LogP contribution in [0.4, 0.5) is 10.2 Å². The van der Waals surface area contributed by atoms with Gasteiger partial charge in [0, 0.05) is 42.6 Å². The molecule has 0 atom stereocenters. The Balaban J connectivity index is 1.39. The predicted molar refractivity (Wildman–Crippen MR) is 128 cm³/mol. The monoisotopic (exact) mass is 444 g/mol. The van der Waals surface area contributed by atoms with Gasteiger partial charge in [0.2, 0.25) is 0 Å². The smallest absolute Gasteiger partial charge is 0.254 e. The highest BCUT2D eigenvalue weighted by Crippen LogP contribution is 2.30. The van der Waals surface area contributed by atoms with E-state index in [2.05, 4.69) is 22.9 Å². The van der Waals surface area contributed by atoms with Gasteiger partial charge in [0.1, 0.15) is 22.9 Å². The van der Waals surface area contributed by atoms with Crippen LogP contribution in [0.25, 0.3) is 21.8 Å². The number of halogens is 1. The Labute approximate surface area is 191 Å². The van der Waals surface area contributed by atoms with Gasteiger partial charge in [-0.3, -0.25) is 9.78 Å². The Morgan fingerprint density at radius 2 is 1.76 bits per heavy atom. The molecule has 1 aliphatic heterocycles. The average Bonchev–Trinajstić information content (AvgIpc) is 2.83. The van der Waals surface area contributed by atoms with Crippen molar-refractivity contribution in [3.63, 3.8) is 0 Å². The third kappa shape index (κ3) is 3.84. The van der Waals surface area contributed by atoms with E-state index in [0.717, 1.165) is 33.7 Å². The number of benzene rings is 2. The van der Waals surface area contributed by atoms with Crippen molar-refractivity contribution in [3.8, 4) is 5.75 Å². The van der Waals surface area contributed by atoms with E-state index >= 15 is 0 Å². The van der Waals surface area contributed by atoms with Crippen LogP contribution < -0.4 is 9.64 Å². The number of hydrogen-bond donors (Lipinski definition) is 0. The van der Waals surface area contributed by atoms with Crippen LogP contribution in [-0.4, -0.2) is 54.1 Å². The van der Waals surface area contributed by atoms with Crippen molar-refractivity contribution in [2.75, 3.05) is 38.2 Å². The third-order valence-corrected chi connectivity index (χ3v) is 6.24. The van der Waals surface area contributed by atoms with Gasteiger partial charge in [0.15, 0.2) is 0 Å². The van der Waals surface area contributed by atoms with Crippen molar-refractivity contribution in [2.45, 2.75) is 13.8 Å². The molecule has 0 bridgehead atoms. The summed E-state index contributed by atoms with van der Waals surface area (Å²) in [5, 5.41) is 1.62. The molecule has 5 rings (SSSR count). The summed E-state index contributed by atoms with van der Waals surface area (Å²) in [5.74, 6) is 1.16. The summed E-state index contributed by atoms with van der Waals surface area (Å²) in [6.45, 7) is 6.36. The van der Waals surface area contributed by atoms with Crippen molar-refractivity contribution in [3.05, 3.63) is 71.2 Å². The number of carbonyl (C=O) groups excluding carboxylic acids is 1. The van der Waals surface area contributed by atoms with Gasteiger partial charge in [0.25, 0.3) is 5.91 Å². The maximum Gasteiger partial charge on any atom is 0.254 e. The Hall–Kier alpha value is -3.74. The third-order valence-electron chi connectivity index (χ3n) is 6.24. The fourth-order valence-corrected chi connectivity index (χ4v) is 4.52. The number of anilines is 1. The maximum atomic E-state index is 13.9. The van der Waals surface area contributed by atoms with Gasteiger partial charge in [0.05, 0.1) is 18.2 Å². The molecule has 0 aliphatic carbocycles. The summed E-state index contributed by atoms with van der Waals surface area (Å²) >= 11 is 0. The highest BCUT2D eigenvalue weighted by molar-refractivity contribution is 6.06. The molecule has 0 spiro atoms. The Morgan fingerprint density at radius 3 is 2.52 bits per heavy atom. The summed E-state index contributed by atoms with van der Waals surface area (Å²) in [5.41, 5.74) is 3.83. The summed E-state index contributed by atoms with van der Waals surface area (Å²) in [6, 6.07) is 14.1. The molecule has 33 heavy (non-hydrogen) atoms. The quantitative estimate of drug-likeness (QED) is 0.465. The van der Waals surface area contributed by atoms with Gasteiger partial charge in [-0.1, -0.05) is 12.1 Å². The minimum absolute atomic E-state index is 0.0972. The first kappa shape index (κ1) is 21.1. The zero-order valence-electron chi connectivity index (χ0n) is 18.9. The minimum Gasteiger partial charge on any atom is -0.494 e. The van der Waals surface area contributed by atoms with Crippen LogP contribution in [-0.2, 0) is 0 Å². The fourth-order valence-electron chi connectivity index (χ4n) is 4.52. The van der Waals surface area contributed by atoms with Gasteiger partial charge in [-0.25, -0.2) is 9.37 Å². The molecule has 0 saturated carbocycles. The molecule has 6 nitrogen and oxygen atoms in total. The summed E-state index contributed by atoms with van der Waals surface area (Å²) in [7, 11) is 1.65. The first-order valence-electron chi connectivity index (χ1n) is 11.0. The van der Waals surface area contributed by atoms with Crippen molar-refractivity contribution in [1.82, 2.24) is 14.9 Å². The highest BCUT2D eigenvalue weighted by atomic mass is 19.1. The van der Waals surface area contributed by atoms with Crippen LogP contribution in [0.2, 0.25) is 0 Å². The lowest BCUT2D eigenvalue weighted by molar-refractivity contribution is 0.0748. The standard InChI is InChI=1S/C26H25FN4O2/c1-16-13-24(29-25-19(16)5-4-6-23(25)33-3)30-9-11-31(12-10-30)26(32)21-14-17(2)28-22-8-7-18(27)15-20(21)22/h4-8,13-15H,9-12H2,1-3H3. The first-order chi connectivity index (χ1) is 15.9. The lowest BCUT2D eigenvalue weighted by Gasteiger charge is -2.36. The van der Waals surface area contributed by atoms with Crippen LogP contribution in [0.1, 0.15) is 21.6 Å². The van der Waals surface area contributed by atoms with Gasteiger partial charge in [-0.15, -0.1) is 0 Å². The molecule has 1 amide bonds. The van der Waals surface area contributed by atoms with Gasteiger partial charge >= 0.3 is 0 Å². The summed E-state index contributed by atoms with van der Waals surface area (Å²) < 4.78 is 19.4. The Bertz CT molecular complexity index is 1380. The molecule has 1 aliphatic rings. The number of ether oxygens (including phenoxy) is 1. The maximum absolute atomic E-state index is 13.9. The van der Waals surface area contributed by atoms with E-state index < -0.39 is 0 Å². The summed E-state index contributed by atoms with van der Waals surface area (Å²) in [6.07, 6.45) is 0. The van der Waals surface area contributed by atoms with E-state index in [1.807, 2.05) is 30.0 Å². The number of pyridine rings is 2. The number of fused-ring (bicyclic) bond motifs is 2. The molecule has 3 heterocycles. The van der Waals surface area contributed by atoms with Crippen LogP contribution in [0.3, 0.4) is 0 Å². The van der Waals surface area contributed by atoms with Crippen LogP contribution in [0.5, 0.6) is 5.75 Å². The van der Waals surface area contributed by atoms with E-state index in [4.69, 9.17) is 9.72 Å². The molecule has 2 aromatic heterocycles. The first-order valence-corrected chi connectivity index (χ1v) is 11.0. The molecule has 0 radical (unpaired) electrons. The van der Waals surface area contributed by atoms with Crippen LogP contribution in [0.15, 0.2) is 48.5 Å². The zero-order chi connectivity index (χ0) is 23.1. The second-order valence-electron chi connectivity index (χ2n) is 8.41. The fraction of sp³-hybridized carbons (Fsp3) is 0.269. The molecule has 0 unspecified atom stereocenters. The topological polar surface area (TPSA) is 58.6 Å². The Morgan fingerprint density at radius 1 is 0.970 bits per heavy atom. The number of piperazine rings is 1. The molecule has 1 saturated heterocycles. The van der Waals surface area contributed by atoms with Crippen LogP contribution in [0, 0.1) is 19.7 Å². The predicted octanol–water partition coefficient (Wildman–Crippen LogP) is 4.51. The van der Waals surface area contributed by atoms with E-state index in [-0.39, 0.29) is 11.7 Å². The summed E-state index contributed by atoms with van der Waals surface area (Å²) in [4.78, 5) is 26.7. The molecular weight excluding hydrogens is 419 g/mol. The number of hydrogen-bond acceptors (Lipinski definition) is 5. The second-order valence-corrected chi connectivity index (χ2v) is 8.41. The molecule has 1 fully saturated rings. The normalized spacial score (nSPS) is 14.2. The number of methoxy groups -OCH3 is 1. The van der Waals surface area contributed by atoms with Crippen molar-refractivity contribution >= 4 is 33.5 Å². The van der Waals surface area contributed by atoms with E-state index in [1.165, 1.54) is 12.1 Å². The number of carbonyl (C=O) groups is 1. The largest absolute Gasteiger partial charge is 0.494 e. The minimum atomic E-state index is -0.375. The van der Waals surface area contributed by atoms with Gasteiger partial charge in [-0.2, -0.15) is 0 Å². The number of para-hydroxylation sites is 1. The molecule has 7 heteroatoms. The van der Waals surface area contributed by atoms with Gasteiger partial charge < -0.3 is 14.5 Å². The van der Waals surface area contributed by atoms with Crippen LogP contribution >= 0.6 is 0 Å². The van der Waals surface area contributed by atoms with E-state index in [1.54, 1.807) is 19.2 Å². The zero-order valence-corrected chi connectivity index (χ0v) is 18.9. The molecule has 2 aromatic carbocycles. The van der Waals surface area contributed by atoms with Crippen molar-refractivity contribution < 1.29 is 13.9 Å². The van der Waals surface area contributed by atoms with Crippen molar-refractivity contribution in [1.29, 1.82) is 0 Å². The number of amides is 1. The molecule has 168 valence electrons. The van der Waals surface area contributed by atoms with E-state index in [9.17, 15) is 9.18 Å². The number of nitrogens with zero attached hydrogens (tertiary/aromatic N) is 4. The van der Waals surface area contributed by atoms with Gasteiger partial charge in [-0.05, 0) is 55.8 Å². The molecule has 4 aromatic rings. The second kappa shape index (κ2) is 8.31. The van der Waals surface area contributed by atoms with Crippen molar-refractivity contribution in [2.24, 2.45) is 0 Å². The average molecular weight is 445 g/mol. The molecule has 0 N–H and O–H groups in total. The lowest BCUT2D eigenvalue weighted by atomic mass is 10.1. The number of aromatic nitrogens is 2.